The van der Waals surface area contributed by atoms with Crippen molar-refractivity contribution in [1.82, 2.24) is 14.9 Å². The fourth-order valence-electron chi connectivity index (χ4n) is 3.53. The number of aromatic nitrogens is 2. The van der Waals surface area contributed by atoms with Crippen molar-refractivity contribution < 1.29 is 9.90 Å². The van der Waals surface area contributed by atoms with Crippen LogP contribution in [0, 0.1) is 0 Å². The number of amides is 1. The minimum Gasteiger partial charge on any atom is -0.507 e. The molecule has 4 rings (SSSR count). The smallest absolute Gasteiger partial charge is 0.258 e. The second kappa shape index (κ2) is 8.62. The Labute approximate surface area is 183 Å². The van der Waals surface area contributed by atoms with Gasteiger partial charge in [-0.2, -0.15) is 0 Å². The minimum absolute atomic E-state index is 0.123. The summed E-state index contributed by atoms with van der Waals surface area (Å²) < 4.78 is 1.48. The molecule has 0 bridgehead atoms. The summed E-state index contributed by atoms with van der Waals surface area (Å²) in [5.41, 5.74) is 2.64. The van der Waals surface area contributed by atoms with E-state index < -0.39 is 0 Å². The molecule has 7 heteroatoms. The molecule has 0 fully saturated rings. The van der Waals surface area contributed by atoms with Crippen LogP contribution >= 0.6 is 11.6 Å². The van der Waals surface area contributed by atoms with Crippen molar-refractivity contribution in [2.75, 3.05) is 0 Å². The topological polar surface area (TPSA) is 84.2 Å². The molecule has 2 N–H and O–H groups in total. The van der Waals surface area contributed by atoms with E-state index in [1.807, 2.05) is 18.2 Å². The number of hydrogen-bond donors (Lipinski definition) is 2. The normalized spacial score (nSPS) is 10.9. The largest absolute Gasteiger partial charge is 0.507 e. The highest BCUT2D eigenvalue weighted by Gasteiger charge is 2.17. The Morgan fingerprint density at radius 3 is 2.61 bits per heavy atom. The lowest BCUT2D eigenvalue weighted by Gasteiger charge is -2.13. The van der Waals surface area contributed by atoms with Crippen molar-refractivity contribution in [3.8, 4) is 5.75 Å². The standard InChI is InChI=1S/C24H20ClN3O3/c1-28-21-6-5-17(23(30)27-14-15-7-9-26-10-8-15)13-19(21)22(29)20(24(28)31)12-16-3-2-4-18(25)11-16/h2-11,13,29H,12,14H2,1H3,(H,27,30). The van der Waals surface area contributed by atoms with E-state index in [9.17, 15) is 14.7 Å². The number of pyridine rings is 2. The van der Waals surface area contributed by atoms with Crippen LogP contribution < -0.4 is 10.9 Å². The Kier molecular flexibility index (Phi) is 5.73. The molecule has 2 aromatic carbocycles. The van der Waals surface area contributed by atoms with Gasteiger partial charge < -0.3 is 15.0 Å². The van der Waals surface area contributed by atoms with Gasteiger partial charge in [0.15, 0.2) is 0 Å². The van der Waals surface area contributed by atoms with Crippen LogP contribution in [-0.4, -0.2) is 20.6 Å². The van der Waals surface area contributed by atoms with Crippen LogP contribution in [0.3, 0.4) is 0 Å². The molecule has 0 aliphatic heterocycles. The molecular formula is C24H20ClN3O3. The first-order valence-electron chi connectivity index (χ1n) is 9.70. The first kappa shape index (κ1) is 20.6. The van der Waals surface area contributed by atoms with E-state index in [2.05, 4.69) is 10.3 Å². The molecule has 0 radical (unpaired) electrons. The Balaban J connectivity index is 1.69. The van der Waals surface area contributed by atoms with Crippen LogP contribution in [0.2, 0.25) is 5.02 Å². The molecule has 4 aromatic rings. The van der Waals surface area contributed by atoms with E-state index in [4.69, 9.17) is 11.6 Å². The van der Waals surface area contributed by atoms with Crippen molar-refractivity contribution in [3.63, 3.8) is 0 Å². The van der Waals surface area contributed by atoms with Gasteiger partial charge in [0.25, 0.3) is 11.5 Å². The number of nitrogens with one attached hydrogen (secondary N) is 1. The highest BCUT2D eigenvalue weighted by molar-refractivity contribution is 6.30. The molecule has 156 valence electrons. The van der Waals surface area contributed by atoms with E-state index in [0.29, 0.717) is 28.0 Å². The number of benzene rings is 2. The summed E-state index contributed by atoms with van der Waals surface area (Å²) in [7, 11) is 1.65. The third-order valence-electron chi connectivity index (χ3n) is 5.20. The molecule has 2 aromatic heterocycles. The molecule has 2 heterocycles. The van der Waals surface area contributed by atoms with E-state index in [0.717, 1.165) is 11.1 Å². The van der Waals surface area contributed by atoms with Crippen molar-refractivity contribution in [2.45, 2.75) is 13.0 Å². The zero-order valence-corrected chi connectivity index (χ0v) is 17.6. The zero-order valence-electron chi connectivity index (χ0n) is 16.8. The quantitative estimate of drug-likeness (QED) is 0.501. The number of carbonyl (C=O) groups is 1. The second-order valence-electron chi connectivity index (χ2n) is 7.27. The minimum atomic E-state index is -0.292. The first-order valence-corrected chi connectivity index (χ1v) is 10.1. The molecule has 0 aliphatic rings. The van der Waals surface area contributed by atoms with Gasteiger partial charge in [0.05, 0.1) is 11.1 Å². The number of aryl methyl sites for hydroxylation is 1. The van der Waals surface area contributed by atoms with E-state index in [-0.39, 0.29) is 29.2 Å². The summed E-state index contributed by atoms with van der Waals surface area (Å²) in [6.07, 6.45) is 3.56. The molecule has 6 nitrogen and oxygen atoms in total. The van der Waals surface area contributed by atoms with E-state index >= 15 is 0 Å². The van der Waals surface area contributed by atoms with Crippen LogP contribution in [0.25, 0.3) is 10.9 Å². The molecule has 0 saturated heterocycles. The van der Waals surface area contributed by atoms with Gasteiger partial charge in [0.1, 0.15) is 5.75 Å². The fourth-order valence-corrected chi connectivity index (χ4v) is 3.74. The molecular weight excluding hydrogens is 414 g/mol. The number of fused-ring (bicyclic) bond motifs is 1. The Morgan fingerprint density at radius 2 is 1.87 bits per heavy atom. The second-order valence-corrected chi connectivity index (χ2v) is 7.70. The van der Waals surface area contributed by atoms with E-state index in [1.165, 1.54) is 4.57 Å². The maximum atomic E-state index is 12.9. The maximum Gasteiger partial charge on any atom is 0.258 e. The average Bonchev–Trinajstić information content (AvgIpc) is 2.79. The van der Waals surface area contributed by atoms with Crippen LogP contribution in [0.5, 0.6) is 5.75 Å². The van der Waals surface area contributed by atoms with E-state index in [1.54, 1.807) is 55.8 Å². The van der Waals surface area contributed by atoms with Crippen LogP contribution in [0.15, 0.2) is 71.8 Å². The predicted molar refractivity (Wildman–Crippen MR) is 121 cm³/mol. The Bertz CT molecular complexity index is 1330. The number of nitrogens with zero attached hydrogens (tertiary/aromatic N) is 2. The molecule has 0 aliphatic carbocycles. The molecule has 0 atom stereocenters. The van der Waals surface area contributed by atoms with Crippen LogP contribution in [0.1, 0.15) is 27.0 Å². The first-order chi connectivity index (χ1) is 14.9. The van der Waals surface area contributed by atoms with Gasteiger partial charge in [0, 0.05) is 48.4 Å². The lowest BCUT2D eigenvalue weighted by molar-refractivity contribution is 0.0951. The van der Waals surface area contributed by atoms with Crippen molar-refractivity contribution in [3.05, 3.63) is 105 Å². The van der Waals surface area contributed by atoms with Crippen LogP contribution in [-0.2, 0) is 20.0 Å². The van der Waals surface area contributed by atoms with Gasteiger partial charge in [-0.3, -0.25) is 14.6 Å². The average molecular weight is 434 g/mol. The summed E-state index contributed by atoms with van der Waals surface area (Å²) in [5.74, 6) is -0.398. The highest BCUT2D eigenvalue weighted by atomic mass is 35.5. The summed E-state index contributed by atoms with van der Waals surface area (Å²) in [4.78, 5) is 29.5. The molecule has 0 spiro atoms. The van der Waals surface area contributed by atoms with Gasteiger partial charge >= 0.3 is 0 Å². The van der Waals surface area contributed by atoms with Gasteiger partial charge in [-0.1, -0.05) is 23.7 Å². The molecule has 0 saturated carbocycles. The summed E-state index contributed by atoms with van der Waals surface area (Å²) in [6.45, 7) is 0.360. The molecule has 31 heavy (non-hydrogen) atoms. The molecule has 1 amide bonds. The number of hydrogen-bond acceptors (Lipinski definition) is 4. The monoisotopic (exact) mass is 433 g/mol. The highest BCUT2D eigenvalue weighted by Crippen LogP contribution is 2.29. The van der Waals surface area contributed by atoms with Crippen molar-refractivity contribution in [2.24, 2.45) is 7.05 Å². The van der Waals surface area contributed by atoms with Gasteiger partial charge in [0.2, 0.25) is 0 Å². The van der Waals surface area contributed by atoms with Crippen LogP contribution in [0.4, 0.5) is 0 Å². The number of aromatic hydroxyl groups is 1. The van der Waals surface area contributed by atoms with Crippen molar-refractivity contribution >= 4 is 28.4 Å². The molecule has 0 unspecified atom stereocenters. The lowest BCUT2D eigenvalue weighted by atomic mass is 10.0. The van der Waals surface area contributed by atoms with Gasteiger partial charge in [-0.05, 0) is 53.6 Å². The predicted octanol–water partition coefficient (Wildman–Crippen LogP) is 3.81. The number of halogens is 1. The summed E-state index contributed by atoms with van der Waals surface area (Å²) >= 11 is 6.05. The van der Waals surface area contributed by atoms with Gasteiger partial charge in [-0.25, -0.2) is 0 Å². The summed E-state index contributed by atoms with van der Waals surface area (Å²) in [6, 6.07) is 15.7. The fraction of sp³-hybridized carbons (Fsp3) is 0.125. The lowest BCUT2D eigenvalue weighted by Crippen LogP contribution is -2.24. The maximum absolute atomic E-state index is 12.9. The van der Waals surface area contributed by atoms with Gasteiger partial charge in [-0.15, -0.1) is 0 Å². The SMILES string of the molecule is Cn1c(=O)c(Cc2cccc(Cl)c2)c(O)c2cc(C(=O)NCc3ccncc3)ccc21. The third kappa shape index (κ3) is 4.29. The Morgan fingerprint density at radius 1 is 1.10 bits per heavy atom. The number of rotatable bonds is 5. The zero-order chi connectivity index (χ0) is 22.0. The third-order valence-corrected chi connectivity index (χ3v) is 5.43. The van der Waals surface area contributed by atoms with Crippen molar-refractivity contribution in [1.29, 1.82) is 0 Å². The Hall–Kier alpha value is -3.64. The number of carbonyl (C=O) groups excluding carboxylic acids is 1. The summed E-state index contributed by atoms with van der Waals surface area (Å²) in [5, 5.41) is 14.8.